The van der Waals surface area contributed by atoms with Gasteiger partial charge < -0.3 is 0 Å². The van der Waals surface area contributed by atoms with Crippen molar-refractivity contribution in [3.8, 4) is 0 Å². The lowest BCUT2D eigenvalue weighted by molar-refractivity contribution is 0.599. The predicted octanol–water partition coefficient (Wildman–Crippen LogP) is 6.67. The Morgan fingerprint density at radius 1 is 0.568 bits per heavy atom. The highest BCUT2D eigenvalue weighted by Gasteiger charge is 2.17. The highest BCUT2D eigenvalue weighted by molar-refractivity contribution is 7.93. The smallest absolute Gasteiger partial charge is 0.261 e. The van der Waals surface area contributed by atoms with Crippen molar-refractivity contribution in [3.63, 3.8) is 0 Å². The van der Waals surface area contributed by atoms with Gasteiger partial charge in [-0.2, -0.15) is 10.2 Å². The first-order chi connectivity index (χ1) is 20.7. The van der Waals surface area contributed by atoms with Crippen LogP contribution in [0.25, 0.3) is 21.8 Å². The van der Waals surface area contributed by atoms with Crippen molar-refractivity contribution in [1.82, 2.24) is 19.6 Å². The quantitative estimate of drug-likeness (QED) is 0.204. The van der Waals surface area contributed by atoms with Gasteiger partial charge in [-0.1, -0.05) is 58.6 Å². The monoisotopic (exact) mass is 670 g/mol. The van der Waals surface area contributed by atoms with Gasteiger partial charge in [-0.15, -0.1) is 0 Å². The first-order valence-corrected chi connectivity index (χ1v) is 16.9. The van der Waals surface area contributed by atoms with Crippen LogP contribution < -0.4 is 9.44 Å². The number of aryl methyl sites for hydroxylation is 4. The van der Waals surface area contributed by atoms with Crippen molar-refractivity contribution in [2.45, 2.75) is 23.6 Å². The number of hydrogen-bond acceptors (Lipinski definition) is 6. The third-order valence-electron chi connectivity index (χ3n) is 6.78. The first-order valence-electron chi connectivity index (χ1n) is 13.2. The summed E-state index contributed by atoms with van der Waals surface area (Å²) in [4.78, 5) is 0.436. The normalized spacial score (nSPS) is 11.8. The molecule has 6 rings (SSSR count). The Hall–Kier alpha value is -4.10. The minimum absolute atomic E-state index is 0.218. The molecule has 44 heavy (non-hydrogen) atoms. The zero-order valence-electron chi connectivity index (χ0n) is 24.1. The molecule has 2 heterocycles. The summed E-state index contributed by atoms with van der Waals surface area (Å²) in [5.41, 5.74) is 4.57. The van der Waals surface area contributed by atoms with Crippen LogP contribution >= 0.6 is 23.2 Å². The summed E-state index contributed by atoms with van der Waals surface area (Å²) >= 11 is 12.1. The summed E-state index contributed by atoms with van der Waals surface area (Å²) in [7, 11) is -3.69. The molecule has 4 aromatic carbocycles. The minimum Gasteiger partial charge on any atom is -0.280 e. The third-order valence-corrected chi connectivity index (χ3v) is 10.1. The number of rotatable bonds is 6. The predicted molar refractivity (Wildman–Crippen MR) is 175 cm³/mol. The molecule has 2 N–H and O–H groups in total. The summed E-state index contributed by atoms with van der Waals surface area (Å²) in [5, 5.41) is 10.3. The van der Waals surface area contributed by atoms with Crippen molar-refractivity contribution in [1.29, 1.82) is 0 Å². The fourth-order valence-electron chi connectivity index (χ4n) is 4.44. The van der Waals surface area contributed by atoms with E-state index in [1.54, 1.807) is 108 Å². The third kappa shape index (κ3) is 6.68. The molecule has 14 heteroatoms. The highest BCUT2D eigenvalue weighted by atomic mass is 35.5. The van der Waals surface area contributed by atoms with Crippen molar-refractivity contribution < 1.29 is 16.8 Å². The maximum absolute atomic E-state index is 12.4. The van der Waals surface area contributed by atoms with Gasteiger partial charge in [-0.05, 0) is 74.5 Å². The molecule has 0 saturated heterocycles. The minimum atomic E-state index is -3.63. The molecular formula is C30H28Cl2N6O4S2. The van der Waals surface area contributed by atoms with Gasteiger partial charge in [0.1, 0.15) is 0 Å². The summed E-state index contributed by atoms with van der Waals surface area (Å²) in [6.45, 7) is 3.81. The van der Waals surface area contributed by atoms with Crippen LogP contribution in [0.2, 0.25) is 10.3 Å². The standard InChI is InChI=1S/2C15H14ClN3O2S/c2*1-10-3-6-12(7-4-10)22(20,21)18-11-5-8-14-13(9-11)15(16)17-19(14)2/h2*3-9,18H,1-2H3. The molecule has 2 aromatic heterocycles. The van der Waals surface area contributed by atoms with Crippen molar-refractivity contribution in [3.05, 3.63) is 106 Å². The first kappa shape index (κ1) is 31.3. The number of hydrogen-bond donors (Lipinski definition) is 2. The SMILES string of the molecule is Cc1ccc(S(=O)(=O)Nc2ccc3c(c2)c(Cl)nn3C)cc1.Cc1ccc(S(=O)(=O)Nc2ccc3c(c2)c(Cl)nn3C)cc1. The molecule has 0 saturated carbocycles. The second-order valence-corrected chi connectivity index (χ2v) is 14.2. The van der Waals surface area contributed by atoms with E-state index in [0.717, 1.165) is 22.2 Å². The number of benzene rings is 4. The lowest BCUT2D eigenvalue weighted by atomic mass is 10.2. The molecule has 0 amide bonds. The van der Waals surface area contributed by atoms with Gasteiger partial charge in [-0.25, -0.2) is 16.8 Å². The summed E-state index contributed by atoms with van der Waals surface area (Å²) in [5.74, 6) is 0. The number of anilines is 2. The molecule has 0 spiro atoms. The summed E-state index contributed by atoms with van der Waals surface area (Å²) in [6, 6.07) is 23.6. The Balaban J connectivity index is 0.000000175. The molecule has 0 bridgehead atoms. The van der Waals surface area contributed by atoms with E-state index in [0.29, 0.717) is 32.5 Å². The van der Waals surface area contributed by atoms with Crippen molar-refractivity contribution in [2.24, 2.45) is 14.1 Å². The zero-order valence-corrected chi connectivity index (χ0v) is 27.2. The van der Waals surface area contributed by atoms with Crippen molar-refractivity contribution >= 4 is 76.4 Å². The molecule has 0 fully saturated rings. The van der Waals surface area contributed by atoms with E-state index in [1.807, 2.05) is 13.8 Å². The maximum Gasteiger partial charge on any atom is 0.261 e. The molecule has 10 nitrogen and oxygen atoms in total. The molecule has 0 aliphatic rings. The van der Waals surface area contributed by atoms with Gasteiger partial charge in [0, 0.05) is 36.2 Å². The largest absolute Gasteiger partial charge is 0.280 e. The second kappa shape index (κ2) is 12.1. The van der Waals surface area contributed by atoms with E-state index in [9.17, 15) is 16.8 Å². The van der Waals surface area contributed by atoms with E-state index >= 15 is 0 Å². The number of aromatic nitrogens is 4. The van der Waals surface area contributed by atoms with Crippen molar-refractivity contribution in [2.75, 3.05) is 9.44 Å². The summed E-state index contributed by atoms with van der Waals surface area (Å²) < 4.78 is 57.9. The van der Waals surface area contributed by atoms with E-state index in [1.165, 1.54) is 0 Å². The number of sulfonamides is 2. The lowest BCUT2D eigenvalue weighted by Crippen LogP contribution is -2.12. The van der Waals surface area contributed by atoms with Crippen LogP contribution in [0.4, 0.5) is 11.4 Å². The molecule has 0 aliphatic heterocycles. The number of nitrogens with zero attached hydrogens (tertiary/aromatic N) is 4. The highest BCUT2D eigenvalue weighted by Crippen LogP contribution is 2.28. The molecular weight excluding hydrogens is 643 g/mol. The van der Waals surface area contributed by atoms with Crippen LogP contribution in [-0.2, 0) is 34.1 Å². The van der Waals surface area contributed by atoms with Crippen LogP contribution in [0, 0.1) is 13.8 Å². The van der Waals surface area contributed by atoms with Gasteiger partial charge in [-0.3, -0.25) is 18.8 Å². The topological polar surface area (TPSA) is 128 Å². The van der Waals surface area contributed by atoms with Gasteiger partial charge >= 0.3 is 0 Å². The number of nitrogens with one attached hydrogen (secondary N) is 2. The number of halogens is 2. The molecule has 228 valence electrons. The van der Waals surface area contributed by atoms with Crippen LogP contribution in [0.15, 0.2) is 94.7 Å². The average Bonchev–Trinajstić information content (AvgIpc) is 3.41. The Labute approximate surface area is 265 Å². The zero-order chi connectivity index (χ0) is 31.8. The maximum atomic E-state index is 12.4. The Morgan fingerprint density at radius 3 is 1.25 bits per heavy atom. The molecule has 0 radical (unpaired) electrons. The van der Waals surface area contributed by atoms with E-state index in [2.05, 4.69) is 19.6 Å². The van der Waals surface area contributed by atoms with Gasteiger partial charge in [0.05, 0.1) is 20.8 Å². The van der Waals surface area contributed by atoms with Gasteiger partial charge in [0.15, 0.2) is 10.3 Å². The molecule has 0 atom stereocenters. The Bertz CT molecular complexity index is 2050. The number of fused-ring (bicyclic) bond motifs is 2. The van der Waals surface area contributed by atoms with Crippen LogP contribution in [-0.4, -0.2) is 36.4 Å². The Kier molecular flexibility index (Phi) is 8.63. The van der Waals surface area contributed by atoms with Gasteiger partial charge in [0.25, 0.3) is 20.0 Å². The van der Waals surface area contributed by atoms with E-state index < -0.39 is 20.0 Å². The lowest BCUT2D eigenvalue weighted by Gasteiger charge is -2.08. The Morgan fingerprint density at radius 2 is 0.909 bits per heavy atom. The molecule has 0 aliphatic carbocycles. The fourth-order valence-corrected chi connectivity index (χ4v) is 7.06. The summed E-state index contributed by atoms with van der Waals surface area (Å²) in [6.07, 6.45) is 0. The second-order valence-electron chi connectivity index (χ2n) is 10.1. The van der Waals surface area contributed by atoms with Gasteiger partial charge in [0.2, 0.25) is 0 Å². The molecule has 6 aromatic rings. The average molecular weight is 672 g/mol. The van der Waals surface area contributed by atoms with E-state index in [-0.39, 0.29) is 9.79 Å². The molecule has 0 unspecified atom stereocenters. The van der Waals surface area contributed by atoms with Crippen LogP contribution in [0.5, 0.6) is 0 Å². The van der Waals surface area contributed by atoms with Crippen LogP contribution in [0.3, 0.4) is 0 Å². The fraction of sp³-hybridized carbons (Fsp3) is 0.133. The van der Waals surface area contributed by atoms with E-state index in [4.69, 9.17) is 23.2 Å². The van der Waals surface area contributed by atoms with Crippen LogP contribution in [0.1, 0.15) is 11.1 Å².